The lowest BCUT2D eigenvalue weighted by Gasteiger charge is -2.43. The molecule has 0 N–H and O–H groups in total. The van der Waals surface area contributed by atoms with Crippen LogP contribution >= 0.6 is 16.3 Å². The fourth-order valence-corrected chi connectivity index (χ4v) is 9.96. The average molecular weight is 308 g/mol. The first-order chi connectivity index (χ1) is 8.34. The molecule has 0 amide bonds. The van der Waals surface area contributed by atoms with Crippen LogP contribution in [0.5, 0.6) is 0 Å². The highest BCUT2D eigenvalue weighted by Gasteiger charge is 2.37. The van der Waals surface area contributed by atoms with Crippen LogP contribution in [0.2, 0.25) is 0 Å². The summed E-state index contributed by atoms with van der Waals surface area (Å²) in [4.78, 5) is 0. The van der Waals surface area contributed by atoms with E-state index in [9.17, 15) is 0 Å². The smallest absolute Gasteiger partial charge is 0.175 e. The van der Waals surface area contributed by atoms with Gasteiger partial charge in [0.25, 0.3) is 0 Å². The van der Waals surface area contributed by atoms with Crippen molar-refractivity contribution in [3.8, 4) is 0 Å². The van der Waals surface area contributed by atoms with Crippen molar-refractivity contribution < 1.29 is 9.05 Å². The molecule has 0 aromatic heterocycles. The Bertz CT molecular complexity index is 228. The Hall–Kier alpha value is 0.780. The van der Waals surface area contributed by atoms with Crippen LogP contribution in [0, 0.1) is 0 Å². The highest BCUT2D eigenvalue weighted by molar-refractivity contribution is 7.72. The van der Waals surface area contributed by atoms with Gasteiger partial charge in [-0.2, -0.15) is 0 Å². The van der Waals surface area contributed by atoms with Crippen molar-refractivity contribution in [3.05, 3.63) is 0 Å². The fourth-order valence-electron chi connectivity index (χ4n) is 2.11. The third-order valence-electron chi connectivity index (χ3n) is 2.53. The van der Waals surface area contributed by atoms with Crippen molar-refractivity contribution in [1.29, 1.82) is 0 Å². The summed E-state index contributed by atoms with van der Waals surface area (Å²) in [7, 11) is -0.943. The lowest BCUT2D eigenvalue weighted by atomic mass is 10.2. The predicted molar refractivity (Wildman–Crippen MR) is 90.7 cm³/mol. The van der Waals surface area contributed by atoms with Gasteiger partial charge < -0.3 is 9.05 Å². The molecular formula is C15H34O2P2. The molecule has 0 heterocycles. The van der Waals surface area contributed by atoms with Crippen LogP contribution in [0.3, 0.4) is 0 Å². The van der Waals surface area contributed by atoms with Crippen LogP contribution < -0.4 is 0 Å². The molecule has 2 nitrogen and oxygen atoms in total. The second kappa shape index (κ2) is 7.69. The van der Waals surface area contributed by atoms with Crippen LogP contribution in [0.4, 0.5) is 0 Å². The normalized spacial score (nSPS) is 14.2. The molecule has 0 fully saturated rings. The van der Waals surface area contributed by atoms with E-state index in [4.69, 9.17) is 9.05 Å². The summed E-state index contributed by atoms with van der Waals surface area (Å²) in [6, 6.07) is 0. The fraction of sp³-hybridized carbons (Fsp3) is 1.00. The van der Waals surface area contributed by atoms with Crippen molar-refractivity contribution in [1.82, 2.24) is 0 Å². The standard InChI is InChI=1S/C15H34O2P2/c1-12(2)16-19(17-13(3)4)11-18(14(5,6)7)15(8,9)10/h12-13H,11H2,1-10H3. The summed E-state index contributed by atoms with van der Waals surface area (Å²) in [5.41, 5.74) is 0. The van der Waals surface area contributed by atoms with Crippen LogP contribution in [-0.2, 0) is 9.05 Å². The quantitative estimate of drug-likeness (QED) is 0.545. The van der Waals surface area contributed by atoms with Gasteiger partial charge in [0.2, 0.25) is 0 Å². The lowest BCUT2D eigenvalue weighted by Crippen LogP contribution is -2.27. The second-order valence-electron chi connectivity index (χ2n) is 7.55. The summed E-state index contributed by atoms with van der Waals surface area (Å²) in [6.07, 6.45) is 0.475. The Kier molecular flexibility index (Phi) is 8.01. The Morgan fingerprint density at radius 3 is 1.26 bits per heavy atom. The maximum Gasteiger partial charge on any atom is 0.175 e. The number of rotatable bonds is 6. The van der Waals surface area contributed by atoms with E-state index in [1.807, 2.05) is 0 Å². The maximum atomic E-state index is 6.04. The molecule has 0 aromatic rings. The van der Waals surface area contributed by atoms with E-state index in [1.54, 1.807) is 0 Å². The van der Waals surface area contributed by atoms with Crippen molar-refractivity contribution in [2.75, 3.05) is 5.90 Å². The van der Waals surface area contributed by atoms with Crippen LogP contribution in [0.15, 0.2) is 0 Å². The van der Waals surface area contributed by atoms with E-state index in [2.05, 4.69) is 69.2 Å². The predicted octanol–water partition coefficient (Wildman–Crippen LogP) is 6.18. The zero-order chi connectivity index (χ0) is 15.4. The summed E-state index contributed by atoms with van der Waals surface area (Å²) in [5, 5.41) is 0.656. The van der Waals surface area contributed by atoms with E-state index in [-0.39, 0.29) is 20.1 Å². The largest absolute Gasteiger partial charge is 0.331 e. The van der Waals surface area contributed by atoms with Gasteiger partial charge >= 0.3 is 0 Å². The monoisotopic (exact) mass is 308 g/mol. The molecule has 0 rings (SSSR count). The highest BCUT2D eigenvalue weighted by atomic mass is 31.2. The summed E-state index contributed by atoms with van der Waals surface area (Å²) in [5.74, 6) is 1.08. The van der Waals surface area contributed by atoms with Gasteiger partial charge in [-0.05, 0) is 38.0 Å². The first-order valence-corrected chi connectivity index (χ1v) is 10.1. The summed E-state index contributed by atoms with van der Waals surface area (Å²) in [6.45, 7) is 22.5. The van der Waals surface area contributed by atoms with Gasteiger partial charge in [-0.25, -0.2) is 0 Å². The van der Waals surface area contributed by atoms with E-state index in [1.165, 1.54) is 0 Å². The van der Waals surface area contributed by atoms with Gasteiger partial charge in [0.1, 0.15) is 0 Å². The Morgan fingerprint density at radius 1 is 0.737 bits per heavy atom. The van der Waals surface area contributed by atoms with Crippen molar-refractivity contribution in [2.45, 2.75) is 91.8 Å². The molecular weight excluding hydrogens is 274 g/mol. The molecule has 0 bridgehead atoms. The Balaban J connectivity index is 4.93. The molecule has 0 radical (unpaired) electrons. The molecule has 0 aliphatic carbocycles. The Morgan fingerprint density at radius 2 is 1.05 bits per heavy atom. The molecule has 4 heteroatoms. The Labute approximate surface area is 123 Å². The van der Waals surface area contributed by atoms with Gasteiger partial charge in [0.05, 0.1) is 12.2 Å². The minimum Gasteiger partial charge on any atom is -0.331 e. The average Bonchev–Trinajstić information content (AvgIpc) is 2.07. The minimum absolute atomic E-state index is 0.165. The molecule has 0 unspecified atom stereocenters. The van der Waals surface area contributed by atoms with E-state index in [0.717, 1.165) is 5.90 Å². The van der Waals surface area contributed by atoms with Gasteiger partial charge in [0.15, 0.2) is 8.38 Å². The van der Waals surface area contributed by atoms with Crippen LogP contribution in [-0.4, -0.2) is 28.4 Å². The zero-order valence-corrected chi connectivity index (χ0v) is 16.4. The minimum atomic E-state index is -0.779. The van der Waals surface area contributed by atoms with Crippen molar-refractivity contribution in [3.63, 3.8) is 0 Å². The van der Waals surface area contributed by atoms with Gasteiger partial charge in [0, 0.05) is 5.90 Å². The number of hydrogen-bond donors (Lipinski definition) is 0. The van der Waals surface area contributed by atoms with Gasteiger partial charge in [-0.3, -0.25) is 0 Å². The topological polar surface area (TPSA) is 18.5 Å². The zero-order valence-electron chi connectivity index (χ0n) is 14.6. The third kappa shape index (κ3) is 8.61. The van der Waals surface area contributed by atoms with E-state index >= 15 is 0 Å². The SMILES string of the molecule is CC(C)OP(CP(C(C)(C)C)C(C)(C)C)OC(C)C. The molecule has 0 aromatic carbocycles. The lowest BCUT2D eigenvalue weighted by molar-refractivity contribution is 0.179. The van der Waals surface area contributed by atoms with Crippen LogP contribution in [0.1, 0.15) is 69.2 Å². The first-order valence-electron chi connectivity index (χ1n) is 7.23. The third-order valence-corrected chi connectivity index (χ3v) is 9.14. The second-order valence-corrected chi connectivity index (χ2v) is 13.3. The van der Waals surface area contributed by atoms with E-state index < -0.39 is 8.38 Å². The van der Waals surface area contributed by atoms with Crippen molar-refractivity contribution >= 4 is 16.3 Å². The molecule has 0 saturated carbocycles. The molecule has 0 spiro atoms. The van der Waals surface area contributed by atoms with E-state index in [0.29, 0.717) is 10.3 Å². The molecule has 0 aliphatic heterocycles. The molecule has 19 heavy (non-hydrogen) atoms. The van der Waals surface area contributed by atoms with Crippen LogP contribution in [0.25, 0.3) is 0 Å². The molecule has 0 atom stereocenters. The molecule has 0 aliphatic rings. The number of hydrogen-bond acceptors (Lipinski definition) is 2. The first kappa shape index (κ1) is 19.8. The molecule has 0 saturated heterocycles. The van der Waals surface area contributed by atoms with Gasteiger partial charge in [-0.1, -0.05) is 49.5 Å². The maximum absolute atomic E-state index is 6.04. The highest BCUT2D eigenvalue weighted by Crippen LogP contribution is 2.66. The van der Waals surface area contributed by atoms with Crippen molar-refractivity contribution in [2.24, 2.45) is 0 Å². The molecule has 116 valence electrons. The summed E-state index contributed by atoms with van der Waals surface area (Å²) >= 11 is 0. The summed E-state index contributed by atoms with van der Waals surface area (Å²) < 4.78 is 12.1. The van der Waals surface area contributed by atoms with Gasteiger partial charge in [-0.15, -0.1) is 0 Å².